The van der Waals surface area contributed by atoms with Crippen LogP contribution in [0.2, 0.25) is 5.02 Å². The van der Waals surface area contributed by atoms with Gasteiger partial charge >= 0.3 is 6.30 Å². The van der Waals surface area contributed by atoms with E-state index in [2.05, 4.69) is 15.1 Å². The molecular formula is C19H16ClF4N5O3S2. The first kappa shape index (κ1) is 24.6. The van der Waals surface area contributed by atoms with Gasteiger partial charge in [-0.1, -0.05) is 11.6 Å². The maximum Gasteiger partial charge on any atom is 0.504 e. The molecule has 4 rings (SSSR count). The molecule has 8 nitrogen and oxygen atoms in total. The highest BCUT2D eigenvalue weighted by Crippen LogP contribution is 2.35. The lowest BCUT2D eigenvalue weighted by Gasteiger charge is -2.35. The molecule has 2 N–H and O–H groups in total. The number of aromatic nitrogens is 2. The predicted molar refractivity (Wildman–Crippen MR) is 118 cm³/mol. The molecule has 2 atom stereocenters. The van der Waals surface area contributed by atoms with E-state index < -0.39 is 40.3 Å². The summed E-state index contributed by atoms with van der Waals surface area (Å²) in [7, 11) is -2.81. The standard InChI is InChI=1S/C19H16ClF4N5O3S2/c1-28-16(18(30)26-12-2-3-14(21)13(20)5-12)6-15(27-34(28,31)32)17-4-10(9-33-17)11-7-25-29(8-11)19(22,23)24/h2-5,7-9,15-16,27H,6H2,1H3,(H,26,30)/t15-,16+/m0/s1. The van der Waals surface area contributed by atoms with Crippen molar-refractivity contribution in [1.29, 1.82) is 0 Å². The SMILES string of the molecule is CN1[C@@H](C(=O)Nc2ccc(F)c(Cl)c2)C[C@@H](c2cc(-c3cnn(C(F)(F)F)c3)cs2)NS1(=O)=O. The van der Waals surface area contributed by atoms with Crippen LogP contribution in [0, 0.1) is 5.82 Å². The van der Waals surface area contributed by atoms with Gasteiger partial charge < -0.3 is 5.32 Å². The van der Waals surface area contributed by atoms with E-state index in [0.717, 1.165) is 34.1 Å². The quantitative estimate of drug-likeness (QED) is 0.490. The summed E-state index contributed by atoms with van der Waals surface area (Å²) < 4.78 is 80.3. The Hall–Kier alpha value is -2.52. The van der Waals surface area contributed by atoms with E-state index in [1.807, 2.05) is 0 Å². The molecule has 1 saturated heterocycles. The molecule has 0 aliphatic carbocycles. The summed E-state index contributed by atoms with van der Waals surface area (Å²) in [4.78, 5) is 13.4. The predicted octanol–water partition coefficient (Wildman–Crippen LogP) is 4.10. The van der Waals surface area contributed by atoms with Gasteiger partial charge in [-0.05, 0) is 41.6 Å². The number of hydrogen-bond donors (Lipinski definition) is 2. The number of anilines is 1. The number of alkyl halides is 3. The molecule has 0 bridgehead atoms. The van der Waals surface area contributed by atoms with Gasteiger partial charge in [0.15, 0.2) is 0 Å². The van der Waals surface area contributed by atoms with Crippen molar-refractivity contribution in [2.24, 2.45) is 0 Å². The van der Waals surface area contributed by atoms with Crippen LogP contribution in [0.4, 0.5) is 23.2 Å². The van der Waals surface area contributed by atoms with Gasteiger partial charge in [-0.2, -0.15) is 27.2 Å². The molecule has 15 heteroatoms. The number of carbonyl (C=O) groups excluding carboxylic acids is 1. The number of hydrogen-bond acceptors (Lipinski definition) is 5. The van der Waals surface area contributed by atoms with Crippen LogP contribution in [0.1, 0.15) is 17.3 Å². The summed E-state index contributed by atoms with van der Waals surface area (Å²) in [6.07, 6.45) is -2.73. The van der Waals surface area contributed by atoms with Gasteiger partial charge in [0.25, 0.3) is 10.2 Å². The van der Waals surface area contributed by atoms with Crippen molar-refractivity contribution in [2.45, 2.75) is 24.8 Å². The van der Waals surface area contributed by atoms with Crippen molar-refractivity contribution in [3.05, 3.63) is 57.8 Å². The highest BCUT2D eigenvalue weighted by atomic mass is 35.5. The molecule has 0 radical (unpaired) electrons. The maximum atomic E-state index is 13.4. The molecule has 3 aromatic rings. The van der Waals surface area contributed by atoms with E-state index >= 15 is 0 Å². The molecular weight excluding hydrogens is 522 g/mol. The lowest BCUT2D eigenvalue weighted by molar-refractivity contribution is -0.212. The monoisotopic (exact) mass is 537 g/mol. The summed E-state index contributed by atoms with van der Waals surface area (Å²) in [6, 6.07) is 3.20. The Balaban J connectivity index is 1.56. The molecule has 1 aromatic carbocycles. The van der Waals surface area contributed by atoms with E-state index in [1.165, 1.54) is 19.2 Å². The summed E-state index contributed by atoms with van der Waals surface area (Å²) in [5, 5.41) is 7.20. The number of rotatable bonds is 4. The van der Waals surface area contributed by atoms with Gasteiger partial charge in [0.2, 0.25) is 5.91 Å². The number of carbonyl (C=O) groups is 1. The van der Waals surface area contributed by atoms with Crippen molar-refractivity contribution in [1.82, 2.24) is 18.8 Å². The zero-order valence-corrected chi connectivity index (χ0v) is 19.6. The van der Waals surface area contributed by atoms with E-state index in [0.29, 0.717) is 10.4 Å². The Morgan fingerprint density at radius 2 is 2.03 bits per heavy atom. The molecule has 1 fully saturated rings. The highest BCUT2D eigenvalue weighted by molar-refractivity contribution is 7.87. The lowest BCUT2D eigenvalue weighted by atomic mass is 10.0. The van der Waals surface area contributed by atoms with Crippen LogP contribution in [0.5, 0.6) is 0 Å². The highest BCUT2D eigenvalue weighted by Gasteiger charge is 2.41. The van der Waals surface area contributed by atoms with Gasteiger partial charge in [0, 0.05) is 29.4 Å². The largest absolute Gasteiger partial charge is 0.504 e. The third-order valence-corrected chi connectivity index (χ3v) is 8.13. The molecule has 182 valence electrons. The second-order valence-electron chi connectivity index (χ2n) is 7.44. The molecule has 3 heterocycles. The fourth-order valence-electron chi connectivity index (χ4n) is 3.39. The van der Waals surface area contributed by atoms with Crippen molar-refractivity contribution in [3.63, 3.8) is 0 Å². The topological polar surface area (TPSA) is 96.3 Å². The third-order valence-electron chi connectivity index (χ3n) is 5.20. The summed E-state index contributed by atoms with van der Waals surface area (Å²) >= 11 is 6.87. The average molecular weight is 538 g/mol. The van der Waals surface area contributed by atoms with Crippen molar-refractivity contribution >= 4 is 44.7 Å². The van der Waals surface area contributed by atoms with Crippen molar-refractivity contribution < 1.29 is 30.8 Å². The number of halogens is 5. The van der Waals surface area contributed by atoms with Crippen molar-refractivity contribution in [2.75, 3.05) is 12.4 Å². The normalized spacial score (nSPS) is 20.9. The Bertz CT molecular complexity index is 1340. The number of nitrogens with one attached hydrogen (secondary N) is 2. The van der Waals surface area contributed by atoms with Gasteiger partial charge in [-0.25, -0.2) is 4.39 Å². The van der Waals surface area contributed by atoms with E-state index in [-0.39, 0.29) is 27.4 Å². The summed E-state index contributed by atoms with van der Waals surface area (Å²) in [5.74, 6) is -1.32. The Morgan fingerprint density at radius 1 is 1.29 bits per heavy atom. The molecule has 2 aromatic heterocycles. The fraction of sp³-hybridized carbons (Fsp3) is 0.263. The molecule has 34 heavy (non-hydrogen) atoms. The van der Waals surface area contributed by atoms with E-state index in [4.69, 9.17) is 11.6 Å². The molecule has 1 aliphatic heterocycles. The molecule has 0 saturated carbocycles. The first-order valence-electron chi connectivity index (χ1n) is 9.57. The lowest BCUT2D eigenvalue weighted by Crippen LogP contribution is -2.55. The van der Waals surface area contributed by atoms with Crippen LogP contribution in [0.25, 0.3) is 11.1 Å². The fourth-order valence-corrected chi connectivity index (χ4v) is 5.90. The number of amides is 1. The second kappa shape index (κ2) is 8.92. The smallest absolute Gasteiger partial charge is 0.325 e. The Kier molecular flexibility index (Phi) is 6.46. The van der Waals surface area contributed by atoms with Gasteiger partial charge in [0.1, 0.15) is 11.9 Å². The third kappa shape index (κ3) is 4.95. The van der Waals surface area contributed by atoms with E-state index in [9.17, 15) is 30.8 Å². The first-order chi connectivity index (χ1) is 15.8. The van der Waals surface area contributed by atoms with Gasteiger partial charge in [-0.3, -0.25) is 4.79 Å². The maximum absolute atomic E-state index is 13.4. The van der Waals surface area contributed by atoms with Crippen molar-refractivity contribution in [3.8, 4) is 11.1 Å². The zero-order chi connectivity index (χ0) is 24.8. The molecule has 1 amide bonds. The molecule has 1 aliphatic rings. The number of nitrogens with zero attached hydrogens (tertiary/aromatic N) is 3. The Morgan fingerprint density at radius 3 is 2.68 bits per heavy atom. The van der Waals surface area contributed by atoms with Crippen LogP contribution in [-0.2, 0) is 21.3 Å². The van der Waals surface area contributed by atoms with Gasteiger partial charge in [-0.15, -0.1) is 24.5 Å². The second-order valence-corrected chi connectivity index (χ2v) is 10.6. The van der Waals surface area contributed by atoms with Crippen LogP contribution in [0.3, 0.4) is 0 Å². The van der Waals surface area contributed by atoms with Crippen LogP contribution < -0.4 is 10.0 Å². The number of thiophene rings is 1. The van der Waals surface area contributed by atoms with Crippen LogP contribution in [-0.4, -0.2) is 41.5 Å². The minimum Gasteiger partial charge on any atom is -0.325 e. The Labute approximate surface area is 200 Å². The van der Waals surface area contributed by atoms with E-state index in [1.54, 1.807) is 11.4 Å². The zero-order valence-electron chi connectivity index (χ0n) is 17.2. The minimum atomic E-state index is -4.66. The molecule has 0 unspecified atom stereocenters. The minimum absolute atomic E-state index is 0.0399. The molecule has 0 spiro atoms. The summed E-state index contributed by atoms with van der Waals surface area (Å²) in [6.45, 7) is 0. The number of benzene rings is 1. The first-order valence-corrected chi connectivity index (χ1v) is 12.3. The van der Waals surface area contributed by atoms with Crippen LogP contribution >= 0.6 is 22.9 Å². The summed E-state index contributed by atoms with van der Waals surface area (Å²) in [5.41, 5.74) is 0.825. The number of likely N-dealkylation sites (N-methyl/N-ethyl adjacent to an activating group) is 1. The van der Waals surface area contributed by atoms with Crippen LogP contribution in [0.15, 0.2) is 42.0 Å². The van der Waals surface area contributed by atoms with Gasteiger partial charge in [0.05, 0.1) is 17.3 Å². The average Bonchev–Trinajstić information content (AvgIpc) is 3.42.